The molecular weight excluding hydrogens is 755 g/mol. The number of benzene rings is 10. The second kappa shape index (κ2) is 13.2. The second-order valence-corrected chi connectivity index (χ2v) is 17.4. The zero-order valence-corrected chi connectivity index (χ0v) is 34.0. The van der Waals surface area contributed by atoms with Crippen LogP contribution in [-0.2, 0) is 5.41 Å². The summed E-state index contributed by atoms with van der Waals surface area (Å²) in [6.45, 7) is 0. The number of fused-ring (bicyclic) bond motifs is 14. The monoisotopic (exact) mass is 791 g/mol. The molecule has 0 unspecified atom stereocenters. The molecule has 1 heterocycles. The fraction of sp³-hybridized carbons (Fsp3) is 0.0169. The number of rotatable bonds is 5. The lowest BCUT2D eigenvalue weighted by Gasteiger charge is -2.30. The zero-order valence-electron chi connectivity index (χ0n) is 33.2. The van der Waals surface area contributed by atoms with Gasteiger partial charge in [0.1, 0.15) is 0 Å². The lowest BCUT2D eigenvalue weighted by molar-refractivity contribution is 0.794. The van der Waals surface area contributed by atoms with Gasteiger partial charge in [0.05, 0.1) is 16.8 Å². The molecule has 10 aromatic carbocycles. The highest BCUT2D eigenvalue weighted by atomic mass is 32.1. The van der Waals surface area contributed by atoms with Crippen molar-refractivity contribution in [1.82, 2.24) is 0 Å². The Morgan fingerprint density at radius 2 is 0.852 bits per heavy atom. The second-order valence-electron chi connectivity index (χ2n) is 16.3. The van der Waals surface area contributed by atoms with Crippen molar-refractivity contribution in [2.45, 2.75) is 5.41 Å². The summed E-state index contributed by atoms with van der Waals surface area (Å²) in [4.78, 5) is 2.46. The third kappa shape index (κ3) is 4.88. The molecule has 61 heavy (non-hydrogen) atoms. The fourth-order valence-electron chi connectivity index (χ4n) is 10.8. The number of hydrogen-bond donors (Lipinski definition) is 0. The molecule has 0 atom stereocenters. The first-order valence-corrected chi connectivity index (χ1v) is 21.9. The van der Waals surface area contributed by atoms with E-state index in [0.717, 1.165) is 17.1 Å². The highest BCUT2D eigenvalue weighted by Gasteiger charge is 2.51. The number of hydrogen-bond acceptors (Lipinski definition) is 2. The van der Waals surface area contributed by atoms with E-state index in [1.807, 2.05) is 11.3 Å². The average molecular weight is 792 g/mol. The normalized spacial score (nSPS) is 13.0. The topological polar surface area (TPSA) is 3.24 Å². The third-order valence-corrected chi connectivity index (χ3v) is 14.4. The molecule has 11 aromatic rings. The summed E-state index contributed by atoms with van der Waals surface area (Å²) in [5.41, 5.74) is 18.6. The lowest BCUT2D eigenvalue weighted by Crippen LogP contribution is -2.25. The molecule has 0 radical (unpaired) electrons. The van der Waals surface area contributed by atoms with Crippen molar-refractivity contribution < 1.29 is 0 Å². The van der Waals surface area contributed by atoms with Crippen molar-refractivity contribution in [2.75, 3.05) is 4.90 Å². The lowest BCUT2D eigenvalue weighted by atomic mass is 9.70. The van der Waals surface area contributed by atoms with Crippen LogP contribution in [0.15, 0.2) is 224 Å². The number of para-hydroxylation sites is 1. The van der Waals surface area contributed by atoms with E-state index in [0.29, 0.717) is 0 Å². The molecule has 284 valence electrons. The molecule has 1 aromatic heterocycles. The SMILES string of the molecule is c1ccc(N(c2ccc(-c3cccc4c3-c3ccccc3C43c4ccccc4-c4ccccc43)cc2)c2cccc3ccccc23)c(-c2ccc3c(c2)sc2ccccc23)c1. The van der Waals surface area contributed by atoms with Crippen molar-refractivity contribution in [1.29, 1.82) is 0 Å². The Bertz CT molecular complexity index is 3500. The summed E-state index contributed by atoms with van der Waals surface area (Å²) in [6.07, 6.45) is 0. The number of nitrogens with zero attached hydrogens (tertiary/aromatic N) is 1. The fourth-order valence-corrected chi connectivity index (χ4v) is 11.9. The standard InChI is InChI=1S/C59H37NS/c1-2-17-42-38(15-1)16-13-29-55(42)60(54-28-11-6-18-43(54)40-33-36-48-47-21-7-12-30-56(47)61-57(48)37-40)41-34-31-39(32-35-41)44-23-14-27-53-58(44)49-22-5-10-26-52(49)59(53)50-24-8-3-19-45(50)46-20-4-9-25-51(46)59/h1-37H. The third-order valence-electron chi connectivity index (χ3n) is 13.3. The van der Waals surface area contributed by atoms with Gasteiger partial charge in [0.25, 0.3) is 0 Å². The van der Waals surface area contributed by atoms with Gasteiger partial charge in [-0.3, -0.25) is 0 Å². The summed E-state index contributed by atoms with van der Waals surface area (Å²) in [7, 11) is 0. The molecule has 2 aliphatic rings. The van der Waals surface area contributed by atoms with Gasteiger partial charge < -0.3 is 4.90 Å². The predicted molar refractivity (Wildman–Crippen MR) is 259 cm³/mol. The Morgan fingerprint density at radius 1 is 0.328 bits per heavy atom. The maximum Gasteiger partial charge on any atom is 0.0725 e. The Morgan fingerprint density at radius 3 is 1.64 bits per heavy atom. The van der Waals surface area contributed by atoms with Gasteiger partial charge in [-0.15, -0.1) is 11.3 Å². The molecule has 0 bridgehead atoms. The number of anilines is 3. The van der Waals surface area contributed by atoms with Crippen LogP contribution in [0.3, 0.4) is 0 Å². The van der Waals surface area contributed by atoms with E-state index >= 15 is 0 Å². The molecule has 0 saturated heterocycles. The van der Waals surface area contributed by atoms with Crippen molar-refractivity contribution in [3.05, 3.63) is 247 Å². The van der Waals surface area contributed by atoms with Crippen LogP contribution in [0.25, 0.3) is 75.5 Å². The first kappa shape index (κ1) is 34.4. The summed E-state index contributed by atoms with van der Waals surface area (Å²) in [5.74, 6) is 0. The molecule has 0 N–H and O–H groups in total. The van der Waals surface area contributed by atoms with Crippen LogP contribution in [0, 0.1) is 0 Å². The van der Waals surface area contributed by atoms with Gasteiger partial charge in [-0.1, -0.05) is 188 Å². The first-order chi connectivity index (χ1) is 30.3. The zero-order chi connectivity index (χ0) is 40.1. The Balaban J connectivity index is 0.989. The molecule has 0 aliphatic heterocycles. The quantitative estimate of drug-likeness (QED) is 0.168. The largest absolute Gasteiger partial charge is 0.309 e. The van der Waals surface area contributed by atoms with Crippen LogP contribution in [-0.4, -0.2) is 0 Å². The van der Waals surface area contributed by atoms with Gasteiger partial charge in [0, 0.05) is 36.8 Å². The van der Waals surface area contributed by atoms with Crippen molar-refractivity contribution >= 4 is 59.3 Å². The minimum atomic E-state index is -0.372. The Labute approximate surface area is 359 Å². The van der Waals surface area contributed by atoms with Gasteiger partial charge in [0.2, 0.25) is 0 Å². The highest BCUT2D eigenvalue weighted by molar-refractivity contribution is 7.25. The summed E-state index contributed by atoms with van der Waals surface area (Å²) in [5, 5.41) is 5.06. The van der Waals surface area contributed by atoms with E-state index in [1.54, 1.807) is 0 Å². The highest BCUT2D eigenvalue weighted by Crippen LogP contribution is 2.64. The van der Waals surface area contributed by atoms with Crippen LogP contribution in [0.4, 0.5) is 17.1 Å². The molecule has 2 heteroatoms. The molecule has 1 nitrogen and oxygen atoms in total. The number of thiophene rings is 1. The van der Waals surface area contributed by atoms with Crippen molar-refractivity contribution in [3.8, 4) is 44.5 Å². The predicted octanol–water partition coefficient (Wildman–Crippen LogP) is 16.4. The van der Waals surface area contributed by atoms with Gasteiger partial charge in [-0.25, -0.2) is 0 Å². The maximum atomic E-state index is 2.46. The van der Waals surface area contributed by atoms with Gasteiger partial charge in [-0.2, -0.15) is 0 Å². The minimum Gasteiger partial charge on any atom is -0.309 e. The molecular formula is C59H37NS. The Kier molecular flexibility index (Phi) is 7.46. The van der Waals surface area contributed by atoms with Crippen LogP contribution < -0.4 is 4.90 Å². The van der Waals surface area contributed by atoms with E-state index in [9.17, 15) is 0 Å². The smallest absolute Gasteiger partial charge is 0.0725 e. The average Bonchev–Trinajstić information content (AvgIpc) is 3.96. The van der Waals surface area contributed by atoms with Gasteiger partial charge >= 0.3 is 0 Å². The van der Waals surface area contributed by atoms with Crippen LogP contribution in [0.5, 0.6) is 0 Å². The molecule has 0 saturated carbocycles. The Hall–Kier alpha value is -7.52. The summed E-state index contributed by atoms with van der Waals surface area (Å²) >= 11 is 1.87. The summed E-state index contributed by atoms with van der Waals surface area (Å²) < 4.78 is 2.62. The van der Waals surface area contributed by atoms with Crippen LogP contribution in [0.2, 0.25) is 0 Å². The molecule has 13 rings (SSSR count). The van der Waals surface area contributed by atoms with E-state index in [1.165, 1.54) is 97.7 Å². The van der Waals surface area contributed by atoms with Gasteiger partial charge in [-0.05, 0) is 103 Å². The van der Waals surface area contributed by atoms with Crippen LogP contribution in [0.1, 0.15) is 22.3 Å². The van der Waals surface area contributed by atoms with E-state index in [4.69, 9.17) is 0 Å². The summed E-state index contributed by atoms with van der Waals surface area (Å²) in [6, 6.07) is 83.4. The maximum absolute atomic E-state index is 2.46. The van der Waals surface area contributed by atoms with Crippen molar-refractivity contribution in [3.63, 3.8) is 0 Å². The van der Waals surface area contributed by atoms with E-state index in [2.05, 4.69) is 229 Å². The first-order valence-electron chi connectivity index (χ1n) is 21.1. The van der Waals surface area contributed by atoms with Gasteiger partial charge in [0.15, 0.2) is 0 Å². The van der Waals surface area contributed by atoms with Crippen molar-refractivity contribution in [2.24, 2.45) is 0 Å². The van der Waals surface area contributed by atoms with Crippen LogP contribution >= 0.6 is 11.3 Å². The van der Waals surface area contributed by atoms with E-state index < -0.39 is 0 Å². The molecule has 1 spiro atoms. The molecule has 0 fully saturated rings. The van der Waals surface area contributed by atoms with E-state index in [-0.39, 0.29) is 5.41 Å². The molecule has 2 aliphatic carbocycles. The minimum absolute atomic E-state index is 0.372. The molecule has 0 amide bonds.